The molecule has 0 aliphatic carbocycles. The quantitative estimate of drug-likeness (QED) is 0.367. The summed E-state index contributed by atoms with van der Waals surface area (Å²) in [5.41, 5.74) is 0. The SMILES string of the molecule is CCCCCCC(C(=O)O)S(=O)c1ccc(OC(CC)CC)cc1.NO. The summed E-state index contributed by atoms with van der Waals surface area (Å²) in [5.74, 6) is 3.25. The Kier molecular flexibility index (Phi) is 13.9. The molecule has 1 aromatic carbocycles. The molecule has 4 N–H and O–H groups in total. The van der Waals surface area contributed by atoms with Gasteiger partial charge in [-0.1, -0.05) is 46.5 Å². The number of carbonyl (C=O) groups is 1. The van der Waals surface area contributed by atoms with Crippen LogP contribution in [0.15, 0.2) is 29.2 Å². The first-order valence-corrected chi connectivity index (χ1v) is 10.4. The number of carboxylic acids is 1. The van der Waals surface area contributed by atoms with Crippen LogP contribution in [0.5, 0.6) is 5.75 Å². The average Bonchev–Trinajstić information content (AvgIpc) is 2.67. The number of carboxylic acid groups (broad SMARTS) is 1. The normalized spacial score (nSPS) is 12.8. The van der Waals surface area contributed by atoms with Gasteiger partial charge in [-0.05, 0) is 43.5 Å². The fourth-order valence-corrected chi connectivity index (χ4v) is 3.84. The van der Waals surface area contributed by atoms with Crippen molar-refractivity contribution in [2.45, 2.75) is 82.0 Å². The Bertz CT molecular complexity index is 517. The first-order chi connectivity index (χ1) is 12.5. The van der Waals surface area contributed by atoms with Gasteiger partial charge in [-0.25, -0.2) is 5.90 Å². The zero-order valence-corrected chi connectivity index (χ0v) is 16.8. The van der Waals surface area contributed by atoms with Crippen molar-refractivity contribution in [3.05, 3.63) is 24.3 Å². The standard InChI is InChI=1S/C19H30O4S.H3NO/c1-4-7-8-9-10-18(19(20)21)24(22)17-13-11-16(12-14-17)23-15(5-2)6-3;1-2/h11-15,18H,4-10H2,1-3H3,(H,20,21);2H,1H2. The van der Waals surface area contributed by atoms with Crippen LogP contribution >= 0.6 is 0 Å². The molecule has 6 nitrogen and oxygen atoms in total. The number of rotatable bonds is 12. The van der Waals surface area contributed by atoms with Gasteiger partial charge in [-0.2, -0.15) is 0 Å². The third-order valence-corrected chi connectivity index (χ3v) is 5.81. The topological polar surface area (TPSA) is 110 Å². The molecule has 0 bridgehead atoms. The van der Waals surface area contributed by atoms with Crippen molar-refractivity contribution in [1.29, 1.82) is 0 Å². The highest BCUT2D eigenvalue weighted by molar-refractivity contribution is 7.86. The number of hydrogen-bond donors (Lipinski definition) is 3. The van der Waals surface area contributed by atoms with E-state index in [2.05, 4.69) is 26.7 Å². The number of aliphatic carboxylic acids is 1. The second-order valence-electron chi connectivity index (χ2n) is 6.00. The van der Waals surface area contributed by atoms with E-state index in [1.165, 1.54) is 0 Å². The van der Waals surface area contributed by atoms with Crippen LogP contribution in [0.25, 0.3) is 0 Å². The third kappa shape index (κ3) is 8.78. The summed E-state index contributed by atoms with van der Waals surface area (Å²) in [7, 11) is -1.54. The van der Waals surface area contributed by atoms with Gasteiger partial charge in [0.05, 0.1) is 16.9 Å². The number of unbranched alkanes of at least 4 members (excludes halogenated alkanes) is 3. The van der Waals surface area contributed by atoms with Gasteiger partial charge in [0.15, 0.2) is 0 Å². The molecule has 2 unspecified atom stereocenters. The van der Waals surface area contributed by atoms with E-state index in [0.29, 0.717) is 11.3 Å². The lowest BCUT2D eigenvalue weighted by Crippen LogP contribution is -2.25. The summed E-state index contributed by atoms with van der Waals surface area (Å²) in [6.07, 6.45) is 6.46. The Morgan fingerprint density at radius 2 is 1.65 bits per heavy atom. The minimum absolute atomic E-state index is 0.173. The van der Waals surface area contributed by atoms with Crippen molar-refractivity contribution in [3.8, 4) is 5.75 Å². The number of ether oxygens (including phenoxy) is 1. The first-order valence-electron chi connectivity index (χ1n) is 9.19. The molecule has 0 aliphatic rings. The Hall–Kier alpha value is -1.44. The van der Waals surface area contributed by atoms with E-state index in [1.54, 1.807) is 24.3 Å². The predicted molar refractivity (Wildman–Crippen MR) is 104 cm³/mol. The molecule has 0 saturated carbocycles. The van der Waals surface area contributed by atoms with Crippen molar-refractivity contribution in [1.82, 2.24) is 0 Å². The maximum atomic E-state index is 12.6. The number of nitrogens with two attached hydrogens (primary N) is 1. The lowest BCUT2D eigenvalue weighted by molar-refractivity contribution is -0.136. The molecule has 2 atom stereocenters. The Balaban J connectivity index is 0.00000301. The van der Waals surface area contributed by atoms with Gasteiger partial charge < -0.3 is 15.1 Å². The number of benzene rings is 1. The van der Waals surface area contributed by atoms with E-state index in [0.717, 1.165) is 44.3 Å². The van der Waals surface area contributed by atoms with Crippen LogP contribution < -0.4 is 10.6 Å². The lowest BCUT2D eigenvalue weighted by Gasteiger charge is -2.16. The summed E-state index contributed by atoms with van der Waals surface area (Å²) in [4.78, 5) is 12.0. The van der Waals surface area contributed by atoms with Crippen LogP contribution in [0.2, 0.25) is 0 Å². The molecule has 0 radical (unpaired) electrons. The molecule has 0 aromatic heterocycles. The maximum Gasteiger partial charge on any atom is 0.319 e. The molecular formula is C19H33NO5S. The Morgan fingerprint density at radius 1 is 1.08 bits per heavy atom. The van der Waals surface area contributed by atoms with Gasteiger partial charge in [0.25, 0.3) is 0 Å². The van der Waals surface area contributed by atoms with E-state index >= 15 is 0 Å². The molecule has 0 saturated heterocycles. The summed E-state index contributed by atoms with van der Waals surface area (Å²) < 4.78 is 18.4. The highest BCUT2D eigenvalue weighted by Gasteiger charge is 2.25. The van der Waals surface area contributed by atoms with Crippen LogP contribution in [-0.4, -0.2) is 31.8 Å². The van der Waals surface area contributed by atoms with Crippen molar-refractivity contribution >= 4 is 16.8 Å². The summed E-state index contributed by atoms with van der Waals surface area (Å²) >= 11 is 0. The fourth-order valence-electron chi connectivity index (χ4n) is 2.54. The molecule has 7 heteroatoms. The van der Waals surface area contributed by atoms with E-state index in [1.807, 2.05) is 0 Å². The van der Waals surface area contributed by atoms with Crippen LogP contribution in [0.1, 0.15) is 65.7 Å². The summed E-state index contributed by atoms with van der Waals surface area (Å²) in [6, 6.07) is 6.99. The van der Waals surface area contributed by atoms with Crippen LogP contribution in [0.4, 0.5) is 0 Å². The molecular weight excluding hydrogens is 354 g/mol. The van der Waals surface area contributed by atoms with E-state index in [9.17, 15) is 14.1 Å². The first kappa shape index (κ1) is 24.6. The van der Waals surface area contributed by atoms with Crippen LogP contribution in [-0.2, 0) is 15.6 Å². The highest BCUT2D eigenvalue weighted by atomic mass is 32.2. The minimum atomic E-state index is -1.54. The van der Waals surface area contributed by atoms with E-state index < -0.39 is 22.0 Å². The van der Waals surface area contributed by atoms with Crippen molar-refractivity contribution in [2.24, 2.45) is 5.90 Å². The van der Waals surface area contributed by atoms with Crippen molar-refractivity contribution in [3.63, 3.8) is 0 Å². The van der Waals surface area contributed by atoms with Gasteiger partial charge in [-0.3, -0.25) is 9.00 Å². The summed E-state index contributed by atoms with van der Waals surface area (Å²) in [5, 5.41) is 15.0. The van der Waals surface area contributed by atoms with E-state index in [-0.39, 0.29) is 6.10 Å². The zero-order chi connectivity index (χ0) is 19.9. The Labute approximate surface area is 159 Å². The summed E-state index contributed by atoms with van der Waals surface area (Å²) in [6.45, 7) is 6.26. The van der Waals surface area contributed by atoms with Gasteiger partial charge in [0, 0.05) is 4.90 Å². The van der Waals surface area contributed by atoms with Gasteiger partial charge in [0.2, 0.25) is 0 Å². The molecule has 1 aromatic rings. The molecule has 0 spiro atoms. The van der Waals surface area contributed by atoms with E-state index in [4.69, 9.17) is 9.94 Å². The Morgan fingerprint density at radius 3 is 2.12 bits per heavy atom. The zero-order valence-electron chi connectivity index (χ0n) is 16.0. The van der Waals surface area contributed by atoms with Crippen molar-refractivity contribution < 1.29 is 24.1 Å². The van der Waals surface area contributed by atoms with Crippen LogP contribution in [0, 0.1) is 0 Å². The maximum absolute atomic E-state index is 12.6. The molecule has 0 amide bonds. The molecule has 0 fully saturated rings. The fraction of sp³-hybridized carbons (Fsp3) is 0.632. The molecule has 26 heavy (non-hydrogen) atoms. The molecule has 0 aliphatic heterocycles. The van der Waals surface area contributed by atoms with Crippen LogP contribution in [0.3, 0.4) is 0 Å². The lowest BCUT2D eigenvalue weighted by atomic mass is 10.1. The largest absolute Gasteiger partial charge is 0.490 e. The van der Waals surface area contributed by atoms with Crippen molar-refractivity contribution in [2.75, 3.05) is 0 Å². The van der Waals surface area contributed by atoms with Gasteiger partial charge in [-0.15, -0.1) is 0 Å². The number of hydrogen-bond acceptors (Lipinski definition) is 5. The second-order valence-corrected chi connectivity index (χ2v) is 7.64. The predicted octanol–water partition coefficient (Wildman–Crippen LogP) is 4.12. The van der Waals surface area contributed by atoms with Gasteiger partial charge >= 0.3 is 5.97 Å². The molecule has 0 heterocycles. The average molecular weight is 388 g/mol. The smallest absolute Gasteiger partial charge is 0.319 e. The molecule has 150 valence electrons. The minimum Gasteiger partial charge on any atom is -0.490 e. The monoisotopic (exact) mass is 387 g/mol. The molecule has 1 rings (SSSR count). The second kappa shape index (κ2) is 14.7. The third-order valence-electron chi connectivity index (χ3n) is 4.12. The van der Waals surface area contributed by atoms with Gasteiger partial charge in [0.1, 0.15) is 11.0 Å². The highest BCUT2D eigenvalue weighted by Crippen LogP contribution is 2.21.